The first-order chi connectivity index (χ1) is 12.8. The number of halogens is 1. The number of furan rings is 1. The number of aromatic nitrogens is 1. The van der Waals surface area contributed by atoms with E-state index in [-0.39, 0.29) is 30.0 Å². The summed E-state index contributed by atoms with van der Waals surface area (Å²) in [4.78, 5) is 8.58. The van der Waals surface area contributed by atoms with Crippen molar-refractivity contribution in [3.05, 3.63) is 60.6 Å². The molecule has 0 amide bonds. The summed E-state index contributed by atoms with van der Waals surface area (Å²) in [6.45, 7) is 5.90. The zero-order chi connectivity index (χ0) is 18.2. The summed E-state index contributed by atoms with van der Waals surface area (Å²) in [7, 11) is 0. The second-order valence-electron chi connectivity index (χ2n) is 5.85. The van der Waals surface area contributed by atoms with Crippen LogP contribution in [0.2, 0.25) is 0 Å². The summed E-state index contributed by atoms with van der Waals surface area (Å²) in [5, 5.41) is 7.72. The Balaban J connectivity index is 0.00000261. The molecule has 0 radical (unpaired) electrons. The first-order valence-electron chi connectivity index (χ1n) is 8.82. The molecule has 1 unspecified atom stereocenters. The van der Waals surface area contributed by atoms with E-state index in [4.69, 9.17) is 9.15 Å². The smallest absolute Gasteiger partial charge is 0.191 e. The van der Waals surface area contributed by atoms with Gasteiger partial charge in [-0.3, -0.25) is 4.98 Å². The van der Waals surface area contributed by atoms with Crippen molar-refractivity contribution in [3.8, 4) is 5.75 Å². The molecule has 1 aromatic carbocycles. The van der Waals surface area contributed by atoms with E-state index in [1.807, 2.05) is 43.3 Å². The van der Waals surface area contributed by atoms with E-state index in [9.17, 15) is 0 Å². The maximum Gasteiger partial charge on any atom is 0.191 e. The highest BCUT2D eigenvalue weighted by molar-refractivity contribution is 14.0. The lowest BCUT2D eigenvalue weighted by Gasteiger charge is -2.16. The fraction of sp³-hybridized carbons (Fsp3) is 0.300. The molecule has 3 rings (SSSR count). The number of benzene rings is 1. The number of nitrogens with one attached hydrogen (secondary N) is 2. The Kier molecular flexibility index (Phi) is 8.38. The lowest BCUT2D eigenvalue weighted by molar-refractivity contribution is 0.327. The van der Waals surface area contributed by atoms with Gasteiger partial charge in [-0.25, -0.2) is 4.99 Å². The first kappa shape index (κ1) is 21.0. The number of pyridine rings is 1. The van der Waals surface area contributed by atoms with Gasteiger partial charge in [-0.1, -0.05) is 18.2 Å². The molecule has 0 fully saturated rings. The molecule has 2 aromatic heterocycles. The maximum atomic E-state index is 5.92. The van der Waals surface area contributed by atoms with E-state index in [0.717, 1.165) is 35.0 Å². The van der Waals surface area contributed by atoms with Crippen LogP contribution < -0.4 is 15.4 Å². The molecule has 144 valence electrons. The maximum absolute atomic E-state index is 5.92. The van der Waals surface area contributed by atoms with Crippen molar-refractivity contribution in [2.75, 3.05) is 19.7 Å². The van der Waals surface area contributed by atoms with Gasteiger partial charge in [-0.2, -0.15) is 0 Å². The van der Waals surface area contributed by atoms with Gasteiger partial charge in [-0.05, 0) is 38.1 Å². The second kappa shape index (κ2) is 10.8. The Bertz CT molecular complexity index is 818. The van der Waals surface area contributed by atoms with Gasteiger partial charge in [0.15, 0.2) is 5.96 Å². The van der Waals surface area contributed by atoms with Crippen LogP contribution in [0.25, 0.3) is 11.0 Å². The number of nitrogens with zero attached hydrogens (tertiary/aromatic N) is 2. The number of hydrogen-bond donors (Lipinski definition) is 2. The van der Waals surface area contributed by atoms with Crippen LogP contribution in [0.4, 0.5) is 0 Å². The molecule has 7 heteroatoms. The molecular weight excluding hydrogens is 455 g/mol. The van der Waals surface area contributed by atoms with Crippen LogP contribution in [0.5, 0.6) is 5.75 Å². The fourth-order valence-electron chi connectivity index (χ4n) is 2.57. The zero-order valence-corrected chi connectivity index (χ0v) is 17.8. The van der Waals surface area contributed by atoms with Gasteiger partial charge < -0.3 is 19.8 Å². The molecule has 0 aliphatic carbocycles. The quantitative estimate of drug-likeness (QED) is 0.230. The van der Waals surface area contributed by atoms with Crippen LogP contribution in [0.15, 0.2) is 64.3 Å². The molecule has 0 aliphatic heterocycles. The summed E-state index contributed by atoms with van der Waals surface area (Å²) in [5.41, 5.74) is 0.892. The summed E-state index contributed by atoms with van der Waals surface area (Å²) in [6.07, 6.45) is 3.41. The van der Waals surface area contributed by atoms with Gasteiger partial charge in [0.2, 0.25) is 0 Å². The van der Waals surface area contributed by atoms with E-state index in [0.29, 0.717) is 13.2 Å². The number of aliphatic imine (C=N–C) groups is 1. The third-order valence-electron chi connectivity index (χ3n) is 3.83. The van der Waals surface area contributed by atoms with Gasteiger partial charge in [-0.15, -0.1) is 24.0 Å². The predicted molar refractivity (Wildman–Crippen MR) is 119 cm³/mol. The molecule has 27 heavy (non-hydrogen) atoms. The molecule has 0 aliphatic rings. The minimum absolute atomic E-state index is 0. The Labute approximate surface area is 176 Å². The second-order valence-corrected chi connectivity index (χ2v) is 5.85. The Morgan fingerprint density at radius 1 is 1.26 bits per heavy atom. The molecule has 0 saturated heterocycles. The van der Waals surface area contributed by atoms with Crippen molar-refractivity contribution >= 4 is 40.9 Å². The zero-order valence-electron chi connectivity index (χ0n) is 15.5. The van der Waals surface area contributed by atoms with Gasteiger partial charge in [0.05, 0.1) is 18.8 Å². The third kappa shape index (κ3) is 6.13. The van der Waals surface area contributed by atoms with Gasteiger partial charge in [0, 0.05) is 18.1 Å². The average molecular weight is 480 g/mol. The number of guanidine groups is 1. The Morgan fingerprint density at radius 2 is 2.11 bits per heavy atom. The van der Waals surface area contributed by atoms with Crippen LogP contribution in [0, 0.1) is 0 Å². The summed E-state index contributed by atoms with van der Waals surface area (Å²) in [5.74, 6) is 2.36. The topological polar surface area (TPSA) is 71.7 Å². The largest absolute Gasteiger partial charge is 0.490 e. The lowest BCUT2D eigenvalue weighted by Crippen LogP contribution is -2.39. The molecule has 2 heterocycles. The van der Waals surface area contributed by atoms with Crippen molar-refractivity contribution in [2.24, 2.45) is 4.99 Å². The standard InChI is InChI=1S/C20H24N4O2.HI/c1-3-22-20(23-11-12-25-17-8-6-10-21-14-17)24-15(2)19-13-16-7-4-5-9-18(16)26-19;/h4-10,13-15H,3,11-12H2,1-2H3,(H2,22,23,24);1H. The molecule has 6 nitrogen and oxygen atoms in total. The highest BCUT2D eigenvalue weighted by atomic mass is 127. The monoisotopic (exact) mass is 480 g/mol. The highest BCUT2D eigenvalue weighted by Crippen LogP contribution is 2.23. The average Bonchev–Trinajstić information content (AvgIpc) is 3.10. The number of ether oxygens (including phenoxy) is 1. The van der Waals surface area contributed by atoms with Gasteiger partial charge >= 0.3 is 0 Å². The van der Waals surface area contributed by atoms with Crippen molar-refractivity contribution in [1.82, 2.24) is 15.6 Å². The summed E-state index contributed by atoms with van der Waals surface area (Å²) < 4.78 is 11.5. The number of fused-ring (bicyclic) bond motifs is 1. The van der Waals surface area contributed by atoms with Crippen LogP contribution in [-0.4, -0.2) is 30.6 Å². The minimum atomic E-state index is -0.000517. The van der Waals surface area contributed by atoms with Crippen LogP contribution in [0.3, 0.4) is 0 Å². The van der Waals surface area contributed by atoms with Gasteiger partial charge in [0.1, 0.15) is 23.7 Å². The molecule has 2 N–H and O–H groups in total. The first-order valence-corrected chi connectivity index (χ1v) is 8.82. The molecule has 1 atom stereocenters. The van der Waals surface area contributed by atoms with Crippen LogP contribution in [-0.2, 0) is 0 Å². The summed E-state index contributed by atoms with van der Waals surface area (Å²) >= 11 is 0. The molecule has 0 bridgehead atoms. The predicted octanol–water partition coefficient (Wildman–Crippen LogP) is 4.14. The van der Waals surface area contributed by atoms with E-state index < -0.39 is 0 Å². The Morgan fingerprint density at radius 3 is 2.85 bits per heavy atom. The van der Waals surface area contributed by atoms with Crippen molar-refractivity contribution in [2.45, 2.75) is 19.9 Å². The molecule has 0 spiro atoms. The lowest BCUT2D eigenvalue weighted by atomic mass is 10.2. The highest BCUT2D eigenvalue weighted by Gasteiger charge is 2.12. The SMILES string of the molecule is CCNC(=NCCOc1cccnc1)NC(C)c1cc2ccccc2o1.I. The minimum Gasteiger partial charge on any atom is -0.490 e. The van der Waals surface area contributed by atoms with Crippen LogP contribution in [0.1, 0.15) is 25.6 Å². The Hall–Kier alpha value is -2.29. The van der Waals surface area contributed by atoms with Gasteiger partial charge in [0.25, 0.3) is 0 Å². The van der Waals surface area contributed by atoms with Crippen LogP contribution >= 0.6 is 24.0 Å². The van der Waals surface area contributed by atoms with E-state index in [1.54, 1.807) is 12.4 Å². The third-order valence-corrected chi connectivity index (χ3v) is 3.83. The van der Waals surface area contributed by atoms with Crippen molar-refractivity contribution in [3.63, 3.8) is 0 Å². The molecular formula is C20H25IN4O2. The van der Waals surface area contributed by atoms with Crippen molar-refractivity contribution < 1.29 is 9.15 Å². The van der Waals surface area contributed by atoms with E-state index in [1.165, 1.54) is 0 Å². The molecule has 3 aromatic rings. The number of hydrogen-bond acceptors (Lipinski definition) is 4. The van der Waals surface area contributed by atoms with E-state index in [2.05, 4.69) is 33.6 Å². The fourth-order valence-corrected chi connectivity index (χ4v) is 2.57. The summed E-state index contributed by atoms with van der Waals surface area (Å²) in [6, 6.07) is 13.8. The normalized spacial score (nSPS) is 12.3. The number of rotatable bonds is 7. The van der Waals surface area contributed by atoms with E-state index >= 15 is 0 Å². The number of para-hydroxylation sites is 1. The van der Waals surface area contributed by atoms with Crippen molar-refractivity contribution in [1.29, 1.82) is 0 Å². The molecule has 0 saturated carbocycles.